The van der Waals surface area contributed by atoms with Gasteiger partial charge in [-0.3, -0.25) is 9.59 Å². The lowest BCUT2D eigenvalue weighted by Gasteiger charge is -2.43. The number of nitrogens with one attached hydrogen (secondary N) is 2. The minimum Gasteiger partial charge on any atom is -0.355 e. The van der Waals surface area contributed by atoms with E-state index in [1.807, 2.05) is 56.3 Å². The minimum atomic E-state index is -1.13. The Kier molecular flexibility index (Phi) is 3.63. The molecule has 2 N–H and O–H groups in total. The smallest absolute Gasteiger partial charge is 0.261 e. The van der Waals surface area contributed by atoms with E-state index in [9.17, 15) is 9.59 Å². The van der Waals surface area contributed by atoms with Crippen LogP contribution in [0.5, 0.6) is 0 Å². The average molecular weight is 373 g/mol. The number of anilines is 1. The number of aromatic amines is 1. The van der Waals surface area contributed by atoms with Crippen molar-refractivity contribution < 1.29 is 9.59 Å². The SMILES string of the molecule is CC(C)CC(=O)N1CCc2c([nH]c3ccccc23)[C@@]12C(=O)Nc1ccccc12. The predicted octanol–water partition coefficient (Wildman–Crippen LogP) is 3.79. The van der Waals surface area contributed by atoms with Crippen molar-refractivity contribution in [2.24, 2.45) is 5.92 Å². The van der Waals surface area contributed by atoms with Crippen molar-refractivity contribution in [2.75, 3.05) is 11.9 Å². The van der Waals surface area contributed by atoms with Crippen LogP contribution in [0.15, 0.2) is 48.5 Å². The van der Waals surface area contributed by atoms with Gasteiger partial charge in [-0.15, -0.1) is 0 Å². The molecule has 5 nitrogen and oxygen atoms in total. The summed E-state index contributed by atoms with van der Waals surface area (Å²) in [5.41, 5.74) is 3.47. The number of carbonyl (C=O) groups excluding carboxylic acids is 2. The number of carbonyl (C=O) groups is 2. The number of rotatable bonds is 2. The van der Waals surface area contributed by atoms with Gasteiger partial charge >= 0.3 is 0 Å². The summed E-state index contributed by atoms with van der Waals surface area (Å²) in [4.78, 5) is 32.1. The fourth-order valence-electron chi connectivity index (χ4n) is 4.82. The molecule has 142 valence electrons. The summed E-state index contributed by atoms with van der Waals surface area (Å²) in [6.07, 6.45) is 1.16. The number of nitrogens with zero attached hydrogens (tertiary/aromatic N) is 1. The van der Waals surface area contributed by atoms with Crippen LogP contribution in [0, 0.1) is 5.92 Å². The van der Waals surface area contributed by atoms with Crippen LogP contribution in [-0.2, 0) is 21.5 Å². The number of amides is 2. The Bertz CT molecular complexity index is 1110. The molecule has 1 spiro atoms. The van der Waals surface area contributed by atoms with Crippen molar-refractivity contribution >= 4 is 28.4 Å². The molecule has 0 fully saturated rings. The average Bonchev–Trinajstić information content (AvgIpc) is 3.19. The van der Waals surface area contributed by atoms with E-state index in [-0.39, 0.29) is 17.7 Å². The molecule has 1 aromatic heterocycles. The second-order valence-electron chi connectivity index (χ2n) is 8.13. The highest BCUT2D eigenvalue weighted by Crippen LogP contribution is 2.49. The number of fused-ring (bicyclic) bond motifs is 6. The Morgan fingerprint density at radius 1 is 1.14 bits per heavy atom. The van der Waals surface area contributed by atoms with Crippen molar-refractivity contribution in [3.05, 3.63) is 65.4 Å². The second kappa shape index (κ2) is 5.96. The van der Waals surface area contributed by atoms with Gasteiger partial charge in [0.1, 0.15) is 0 Å². The lowest BCUT2D eigenvalue weighted by molar-refractivity contribution is -0.144. The molecule has 2 amide bonds. The van der Waals surface area contributed by atoms with Gasteiger partial charge in [-0.25, -0.2) is 0 Å². The number of para-hydroxylation sites is 2. The van der Waals surface area contributed by atoms with Gasteiger partial charge in [-0.2, -0.15) is 0 Å². The maximum Gasteiger partial charge on any atom is 0.261 e. The van der Waals surface area contributed by atoms with Gasteiger partial charge < -0.3 is 15.2 Å². The molecule has 0 saturated carbocycles. The summed E-state index contributed by atoms with van der Waals surface area (Å²) in [6.45, 7) is 4.60. The molecule has 28 heavy (non-hydrogen) atoms. The molecular formula is C23H23N3O2. The summed E-state index contributed by atoms with van der Waals surface area (Å²) >= 11 is 0. The Labute approximate surface area is 163 Å². The van der Waals surface area contributed by atoms with Crippen LogP contribution >= 0.6 is 0 Å². The van der Waals surface area contributed by atoms with Crippen molar-refractivity contribution in [1.29, 1.82) is 0 Å². The van der Waals surface area contributed by atoms with E-state index in [1.54, 1.807) is 4.90 Å². The summed E-state index contributed by atoms with van der Waals surface area (Å²) < 4.78 is 0. The lowest BCUT2D eigenvalue weighted by Crippen LogP contribution is -2.58. The molecule has 0 radical (unpaired) electrons. The summed E-state index contributed by atoms with van der Waals surface area (Å²) in [7, 11) is 0. The van der Waals surface area contributed by atoms with E-state index < -0.39 is 5.54 Å². The molecule has 0 saturated heterocycles. The largest absolute Gasteiger partial charge is 0.355 e. The Morgan fingerprint density at radius 2 is 1.89 bits per heavy atom. The second-order valence-corrected chi connectivity index (χ2v) is 8.13. The molecule has 5 heteroatoms. The molecule has 1 atom stereocenters. The molecule has 2 aliphatic heterocycles. The van der Waals surface area contributed by atoms with Gasteiger partial charge in [0.15, 0.2) is 5.54 Å². The molecule has 0 unspecified atom stereocenters. The van der Waals surface area contributed by atoms with E-state index in [4.69, 9.17) is 0 Å². The van der Waals surface area contributed by atoms with Crippen molar-refractivity contribution in [2.45, 2.75) is 32.2 Å². The van der Waals surface area contributed by atoms with E-state index in [1.165, 1.54) is 0 Å². The van der Waals surface area contributed by atoms with Crippen molar-refractivity contribution in [3.8, 4) is 0 Å². The first-order valence-corrected chi connectivity index (χ1v) is 9.85. The van der Waals surface area contributed by atoms with E-state index >= 15 is 0 Å². The minimum absolute atomic E-state index is 0.0196. The fraction of sp³-hybridized carbons (Fsp3) is 0.304. The monoisotopic (exact) mass is 373 g/mol. The van der Waals surface area contributed by atoms with Gasteiger partial charge in [0.2, 0.25) is 5.91 Å². The van der Waals surface area contributed by atoms with Crippen LogP contribution < -0.4 is 5.32 Å². The number of hydrogen-bond acceptors (Lipinski definition) is 2. The number of aromatic nitrogens is 1. The summed E-state index contributed by atoms with van der Waals surface area (Å²) in [5.74, 6) is 0.0952. The van der Waals surface area contributed by atoms with Gasteiger partial charge in [-0.1, -0.05) is 50.2 Å². The zero-order valence-electron chi connectivity index (χ0n) is 16.1. The first-order chi connectivity index (χ1) is 13.5. The first kappa shape index (κ1) is 17.0. The zero-order chi connectivity index (χ0) is 19.5. The molecule has 5 rings (SSSR count). The standard InChI is InChI=1S/C23H23N3O2/c1-14(2)13-20(27)26-12-11-16-15-7-3-5-9-18(15)24-21(16)23(26)17-8-4-6-10-19(17)25-22(23)28/h3-10,14,24H,11-13H2,1-2H3,(H,25,28)/t23-/m0/s1. The third-order valence-electron chi connectivity index (χ3n) is 5.94. The van der Waals surface area contributed by atoms with Crippen LogP contribution in [0.3, 0.4) is 0 Å². The van der Waals surface area contributed by atoms with Crippen molar-refractivity contribution in [1.82, 2.24) is 9.88 Å². The van der Waals surface area contributed by atoms with Crippen LogP contribution in [-0.4, -0.2) is 28.2 Å². The molecular weight excluding hydrogens is 350 g/mol. The quantitative estimate of drug-likeness (QED) is 0.718. The number of H-pyrrole nitrogens is 1. The highest BCUT2D eigenvalue weighted by atomic mass is 16.2. The normalized spacial score (nSPS) is 20.5. The van der Waals surface area contributed by atoms with E-state index in [0.29, 0.717) is 13.0 Å². The van der Waals surface area contributed by atoms with Crippen LogP contribution in [0.25, 0.3) is 10.9 Å². The lowest BCUT2D eigenvalue weighted by atomic mass is 9.79. The molecule has 2 aromatic carbocycles. The van der Waals surface area contributed by atoms with Crippen LogP contribution in [0.1, 0.15) is 37.1 Å². The van der Waals surface area contributed by atoms with Gasteiger partial charge in [0.25, 0.3) is 5.91 Å². The van der Waals surface area contributed by atoms with Gasteiger partial charge in [-0.05, 0) is 30.0 Å². The van der Waals surface area contributed by atoms with Gasteiger partial charge in [0, 0.05) is 35.1 Å². The fourth-order valence-corrected chi connectivity index (χ4v) is 4.82. The van der Waals surface area contributed by atoms with Crippen LogP contribution in [0.2, 0.25) is 0 Å². The Hall–Kier alpha value is -3.08. The van der Waals surface area contributed by atoms with E-state index in [0.717, 1.165) is 39.8 Å². The highest BCUT2D eigenvalue weighted by molar-refractivity contribution is 6.11. The van der Waals surface area contributed by atoms with Crippen LogP contribution in [0.4, 0.5) is 5.69 Å². The Morgan fingerprint density at radius 3 is 2.71 bits per heavy atom. The first-order valence-electron chi connectivity index (χ1n) is 9.85. The summed E-state index contributed by atoms with van der Waals surface area (Å²) in [6, 6.07) is 15.8. The maximum absolute atomic E-state index is 13.5. The number of hydrogen-bond donors (Lipinski definition) is 2. The van der Waals surface area contributed by atoms with Gasteiger partial charge in [0.05, 0.1) is 5.69 Å². The topological polar surface area (TPSA) is 65.2 Å². The maximum atomic E-state index is 13.5. The molecule has 3 aromatic rings. The van der Waals surface area contributed by atoms with Crippen molar-refractivity contribution in [3.63, 3.8) is 0 Å². The molecule has 0 aliphatic carbocycles. The third-order valence-corrected chi connectivity index (χ3v) is 5.94. The number of benzene rings is 2. The molecule has 0 bridgehead atoms. The summed E-state index contributed by atoms with van der Waals surface area (Å²) in [5, 5.41) is 4.16. The molecule has 2 aliphatic rings. The highest BCUT2D eigenvalue weighted by Gasteiger charge is 2.57. The van der Waals surface area contributed by atoms with E-state index in [2.05, 4.69) is 16.4 Å². The third kappa shape index (κ3) is 2.13. The zero-order valence-corrected chi connectivity index (χ0v) is 16.1. The predicted molar refractivity (Wildman–Crippen MR) is 109 cm³/mol. The Balaban J connectivity index is 1.81. The molecule has 3 heterocycles.